The lowest BCUT2D eigenvalue weighted by atomic mass is 10.1. The van der Waals surface area contributed by atoms with Gasteiger partial charge < -0.3 is 14.8 Å². The van der Waals surface area contributed by atoms with Crippen LogP contribution in [0.25, 0.3) is 22.3 Å². The SMILES string of the molecule is COc1ccc(NC(=O)COC(=O)c2cc(-c3ccccn3)nc3ccccc23)c([N+](=O)[O-])c1. The van der Waals surface area contributed by atoms with Gasteiger partial charge in [0.15, 0.2) is 6.61 Å². The number of methoxy groups -OCH3 is 1. The van der Waals surface area contributed by atoms with E-state index in [9.17, 15) is 19.7 Å². The fourth-order valence-electron chi connectivity index (χ4n) is 3.28. The van der Waals surface area contributed by atoms with Crippen molar-refractivity contribution >= 4 is 34.2 Å². The van der Waals surface area contributed by atoms with Crippen molar-refractivity contribution in [2.45, 2.75) is 0 Å². The summed E-state index contributed by atoms with van der Waals surface area (Å²) in [5.74, 6) is -1.20. The molecule has 0 fully saturated rings. The first kappa shape index (κ1) is 22.3. The number of carbonyl (C=O) groups excluding carboxylic acids is 2. The highest BCUT2D eigenvalue weighted by molar-refractivity contribution is 6.05. The second kappa shape index (κ2) is 9.74. The molecule has 0 atom stereocenters. The predicted octanol–water partition coefficient (Wildman–Crippen LogP) is 4.01. The van der Waals surface area contributed by atoms with E-state index in [1.54, 1.807) is 54.7 Å². The Morgan fingerprint density at radius 1 is 1.03 bits per heavy atom. The monoisotopic (exact) mass is 458 g/mol. The van der Waals surface area contributed by atoms with Gasteiger partial charge in [0.1, 0.15) is 11.4 Å². The van der Waals surface area contributed by atoms with Gasteiger partial charge in [-0.05, 0) is 36.4 Å². The van der Waals surface area contributed by atoms with E-state index < -0.39 is 23.4 Å². The van der Waals surface area contributed by atoms with Crippen LogP contribution < -0.4 is 10.1 Å². The fourth-order valence-corrected chi connectivity index (χ4v) is 3.28. The Labute approximate surface area is 193 Å². The van der Waals surface area contributed by atoms with Gasteiger partial charge in [0.25, 0.3) is 11.6 Å². The Balaban J connectivity index is 1.54. The Morgan fingerprint density at radius 2 is 1.82 bits per heavy atom. The van der Waals surface area contributed by atoms with Crippen LogP contribution in [-0.4, -0.2) is 40.5 Å². The van der Waals surface area contributed by atoms with Crippen LogP contribution in [0.4, 0.5) is 11.4 Å². The number of hydrogen-bond acceptors (Lipinski definition) is 8. The van der Waals surface area contributed by atoms with Crippen LogP contribution in [-0.2, 0) is 9.53 Å². The first-order valence-corrected chi connectivity index (χ1v) is 10.1. The van der Waals surface area contributed by atoms with Crippen molar-refractivity contribution < 1.29 is 24.0 Å². The highest BCUT2D eigenvalue weighted by atomic mass is 16.6. The molecule has 2 aromatic heterocycles. The second-order valence-electron chi connectivity index (χ2n) is 7.05. The maximum Gasteiger partial charge on any atom is 0.339 e. The van der Waals surface area contributed by atoms with Crippen molar-refractivity contribution in [1.29, 1.82) is 0 Å². The number of carbonyl (C=O) groups is 2. The number of nitrogens with one attached hydrogen (secondary N) is 1. The van der Waals surface area contributed by atoms with E-state index in [4.69, 9.17) is 9.47 Å². The summed E-state index contributed by atoms with van der Waals surface area (Å²) in [6.07, 6.45) is 1.62. The van der Waals surface area contributed by atoms with Crippen LogP contribution >= 0.6 is 0 Å². The van der Waals surface area contributed by atoms with Gasteiger partial charge in [-0.1, -0.05) is 24.3 Å². The fraction of sp³-hybridized carbons (Fsp3) is 0.0833. The summed E-state index contributed by atoms with van der Waals surface area (Å²) in [6.45, 7) is -0.641. The average molecular weight is 458 g/mol. The van der Waals surface area contributed by atoms with Crippen LogP contribution in [0.2, 0.25) is 0 Å². The van der Waals surface area contributed by atoms with E-state index in [1.807, 2.05) is 0 Å². The normalized spacial score (nSPS) is 10.5. The maximum absolute atomic E-state index is 12.9. The molecule has 0 aliphatic heterocycles. The number of para-hydroxylation sites is 1. The van der Waals surface area contributed by atoms with Crippen molar-refractivity contribution in [2.75, 3.05) is 19.0 Å². The van der Waals surface area contributed by atoms with Gasteiger partial charge >= 0.3 is 5.97 Å². The molecule has 2 aromatic carbocycles. The molecule has 4 rings (SSSR count). The summed E-state index contributed by atoms with van der Waals surface area (Å²) >= 11 is 0. The summed E-state index contributed by atoms with van der Waals surface area (Å²) < 4.78 is 10.2. The summed E-state index contributed by atoms with van der Waals surface area (Å²) in [6, 6.07) is 17.9. The number of nitrogens with zero attached hydrogens (tertiary/aromatic N) is 3. The van der Waals surface area contributed by atoms with E-state index in [0.29, 0.717) is 22.3 Å². The molecule has 0 saturated heterocycles. The summed E-state index contributed by atoms with van der Waals surface area (Å²) in [7, 11) is 1.37. The molecule has 0 saturated carbocycles. The number of pyridine rings is 2. The molecule has 0 aliphatic rings. The van der Waals surface area contributed by atoms with Gasteiger partial charge in [-0.15, -0.1) is 0 Å². The number of esters is 1. The first-order chi connectivity index (χ1) is 16.5. The van der Waals surface area contributed by atoms with E-state index >= 15 is 0 Å². The average Bonchev–Trinajstić information content (AvgIpc) is 2.87. The van der Waals surface area contributed by atoms with Crippen molar-refractivity contribution in [2.24, 2.45) is 0 Å². The third kappa shape index (κ3) is 4.80. The minimum atomic E-state index is -0.741. The molecule has 34 heavy (non-hydrogen) atoms. The summed E-state index contributed by atoms with van der Waals surface area (Å²) in [4.78, 5) is 44.7. The van der Waals surface area contributed by atoms with E-state index in [1.165, 1.54) is 25.3 Å². The molecule has 4 aromatic rings. The van der Waals surface area contributed by atoms with Gasteiger partial charge in [-0.25, -0.2) is 9.78 Å². The molecule has 0 spiro atoms. The molecular weight excluding hydrogens is 440 g/mol. The Morgan fingerprint density at radius 3 is 2.56 bits per heavy atom. The van der Waals surface area contributed by atoms with Crippen LogP contribution in [0.1, 0.15) is 10.4 Å². The van der Waals surface area contributed by atoms with Crippen molar-refractivity contribution in [3.8, 4) is 17.1 Å². The van der Waals surface area contributed by atoms with Crippen LogP contribution in [0.3, 0.4) is 0 Å². The quantitative estimate of drug-likeness (QED) is 0.249. The smallest absolute Gasteiger partial charge is 0.339 e. The van der Waals surface area contributed by atoms with Crippen LogP contribution in [0.15, 0.2) is 72.9 Å². The second-order valence-corrected chi connectivity index (χ2v) is 7.05. The Bertz CT molecular complexity index is 1390. The van der Waals surface area contributed by atoms with Gasteiger partial charge in [0.2, 0.25) is 0 Å². The minimum Gasteiger partial charge on any atom is -0.496 e. The number of aromatic nitrogens is 2. The largest absolute Gasteiger partial charge is 0.496 e. The Kier molecular flexibility index (Phi) is 6.40. The van der Waals surface area contributed by atoms with E-state index in [2.05, 4.69) is 15.3 Å². The number of anilines is 1. The number of nitro benzene ring substituents is 1. The highest BCUT2D eigenvalue weighted by Crippen LogP contribution is 2.29. The molecule has 2 heterocycles. The topological polar surface area (TPSA) is 134 Å². The van der Waals surface area contributed by atoms with Crippen LogP contribution in [0.5, 0.6) is 5.75 Å². The summed E-state index contributed by atoms with van der Waals surface area (Å²) in [5, 5.41) is 14.2. The Hall–Kier alpha value is -4.86. The lowest BCUT2D eigenvalue weighted by Gasteiger charge is -2.10. The number of amides is 1. The molecule has 170 valence electrons. The third-order valence-corrected chi connectivity index (χ3v) is 4.87. The number of fused-ring (bicyclic) bond motifs is 1. The zero-order valence-corrected chi connectivity index (χ0v) is 17.9. The number of hydrogen-bond donors (Lipinski definition) is 1. The number of nitro groups is 1. The predicted molar refractivity (Wildman–Crippen MR) is 124 cm³/mol. The lowest BCUT2D eigenvalue weighted by Crippen LogP contribution is -2.21. The molecule has 10 heteroatoms. The maximum atomic E-state index is 12.9. The van der Waals surface area contributed by atoms with Gasteiger partial charge in [0, 0.05) is 11.6 Å². The number of benzene rings is 2. The summed E-state index contributed by atoms with van der Waals surface area (Å²) in [5.41, 5.74) is 1.44. The lowest BCUT2D eigenvalue weighted by molar-refractivity contribution is -0.384. The highest BCUT2D eigenvalue weighted by Gasteiger charge is 2.20. The van der Waals surface area contributed by atoms with Crippen molar-refractivity contribution in [3.05, 3.63) is 88.6 Å². The van der Waals surface area contributed by atoms with E-state index in [0.717, 1.165) is 0 Å². The number of ether oxygens (including phenoxy) is 2. The van der Waals surface area contributed by atoms with E-state index in [-0.39, 0.29) is 22.7 Å². The van der Waals surface area contributed by atoms with Crippen molar-refractivity contribution in [3.63, 3.8) is 0 Å². The number of rotatable bonds is 7. The van der Waals surface area contributed by atoms with Crippen LogP contribution in [0, 0.1) is 10.1 Å². The third-order valence-electron chi connectivity index (χ3n) is 4.87. The zero-order chi connectivity index (χ0) is 24.1. The van der Waals surface area contributed by atoms with Gasteiger partial charge in [0.05, 0.1) is 40.6 Å². The van der Waals surface area contributed by atoms with Gasteiger partial charge in [-0.2, -0.15) is 0 Å². The molecule has 0 radical (unpaired) electrons. The van der Waals surface area contributed by atoms with Gasteiger partial charge in [-0.3, -0.25) is 19.9 Å². The minimum absolute atomic E-state index is 0.0429. The zero-order valence-electron chi connectivity index (χ0n) is 17.9. The molecule has 10 nitrogen and oxygen atoms in total. The molecule has 0 aliphatic carbocycles. The first-order valence-electron chi connectivity index (χ1n) is 10.1. The molecule has 0 unspecified atom stereocenters. The molecule has 1 amide bonds. The molecular formula is C24H18N4O6. The molecule has 0 bridgehead atoms. The standard InChI is InChI=1S/C24H18N4O6/c1-33-15-9-10-20(22(12-15)28(31)32)27-23(29)14-34-24(30)17-13-21(19-8-4-5-11-25-19)26-18-7-3-2-6-16(17)18/h2-13H,14H2,1H3,(H,27,29). The van der Waals surface area contributed by atoms with Crippen molar-refractivity contribution in [1.82, 2.24) is 9.97 Å². The molecule has 1 N–H and O–H groups in total.